The van der Waals surface area contributed by atoms with Gasteiger partial charge in [0.1, 0.15) is 5.82 Å². The molecule has 1 atom stereocenters. The van der Waals surface area contributed by atoms with Gasteiger partial charge in [-0.15, -0.1) is 11.8 Å². The molecule has 2 amide bonds. The SMILES string of the molecule is O=C(C[C@H]1Sc2ccccc2NC1=O)Nc1ccc(F)cc1. The second-order valence-electron chi connectivity index (χ2n) is 4.85. The molecule has 2 aromatic carbocycles. The van der Waals surface area contributed by atoms with Gasteiger partial charge in [-0.2, -0.15) is 0 Å². The van der Waals surface area contributed by atoms with Gasteiger partial charge in [0.2, 0.25) is 11.8 Å². The highest BCUT2D eigenvalue weighted by Gasteiger charge is 2.28. The van der Waals surface area contributed by atoms with Gasteiger partial charge in [0.15, 0.2) is 0 Å². The lowest BCUT2D eigenvalue weighted by Gasteiger charge is -2.23. The van der Waals surface area contributed by atoms with Crippen LogP contribution < -0.4 is 10.6 Å². The van der Waals surface area contributed by atoms with Crippen LogP contribution in [0.25, 0.3) is 0 Å². The van der Waals surface area contributed by atoms with Gasteiger partial charge in [0.25, 0.3) is 0 Å². The van der Waals surface area contributed by atoms with E-state index in [1.54, 1.807) is 0 Å². The zero-order valence-electron chi connectivity index (χ0n) is 11.5. The molecule has 1 aliphatic rings. The number of amides is 2. The quantitative estimate of drug-likeness (QED) is 0.914. The number of rotatable bonds is 3. The fraction of sp³-hybridized carbons (Fsp3) is 0.125. The van der Waals surface area contributed by atoms with Crippen LogP contribution in [0.2, 0.25) is 0 Å². The van der Waals surface area contributed by atoms with Crippen molar-refractivity contribution in [3.05, 3.63) is 54.3 Å². The smallest absolute Gasteiger partial charge is 0.238 e. The highest BCUT2D eigenvalue weighted by Crippen LogP contribution is 2.36. The number of anilines is 2. The molecule has 0 saturated carbocycles. The Balaban J connectivity index is 1.64. The predicted molar refractivity (Wildman–Crippen MR) is 84.4 cm³/mol. The number of benzene rings is 2. The first kappa shape index (κ1) is 14.6. The molecule has 2 aromatic rings. The molecule has 22 heavy (non-hydrogen) atoms. The van der Waals surface area contributed by atoms with Crippen LogP contribution >= 0.6 is 11.8 Å². The van der Waals surface area contributed by atoms with E-state index in [0.717, 1.165) is 10.6 Å². The summed E-state index contributed by atoms with van der Waals surface area (Å²) in [5.41, 5.74) is 1.28. The predicted octanol–water partition coefficient (Wildman–Crippen LogP) is 3.27. The van der Waals surface area contributed by atoms with Gasteiger partial charge in [-0.25, -0.2) is 4.39 Å². The average molecular weight is 316 g/mol. The van der Waals surface area contributed by atoms with Crippen molar-refractivity contribution in [3.8, 4) is 0 Å². The standard InChI is InChI=1S/C16H13FN2O2S/c17-10-5-7-11(8-6-10)18-15(20)9-14-16(21)19-12-3-1-2-4-13(12)22-14/h1-8,14H,9H2,(H,18,20)(H,19,21)/t14-/m1/s1. The molecular weight excluding hydrogens is 303 g/mol. The largest absolute Gasteiger partial charge is 0.326 e. The molecule has 6 heteroatoms. The molecule has 3 rings (SSSR count). The Morgan fingerprint density at radius 3 is 2.68 bits per heavy atom. The van der Waals surface area contributed by atoms with Gasteiger partial charge in [-0.1, -0.05) is 12.1 Å². The Labute approximate surface area is 131 Å². The number of fused-ring (bicyclic) bond motifs is 1. The third-order valence-electron chi connectivity index (χ3n) is 3.21. The zero-order chi connectivity index (χ0) is 15.5. The maximum atomic E-state index is 12.8. The molecular formula is C16H13FN2O2S. The number of nitrogens with one attached hydrogen (secondary N) is 2. The Hall–Kier alpha value is -2.34. The number of hydrogen-bond acceptors (Lipinski definition) is 3. The van der Waals surface area contributed by atoms with Crippen molar-refractivity contribution in [3.63, 3.8) is 0 Å². The Morgan fingerprint density at radius 1 is 1.18 bits per heavy atom. The normalized spacial score (nSPS) is 16.6. The highest BCUT2D eigenvalue weighted by atomic mass is 32.2. The molecule has 0 bridgehead atoms. The lowest BCUT2D eigenvalue weighted by Crippen LogP contribution is -2.32. The molecule has 0 saturated heterocycles. The Kier molecular flexibility index (Phi) is 4.11. The molecule has 0 aromatic heterocycles. The van der Waals surface area contributed by atoms with Crippen molar-refractivity contribution < 1.29 is 14.0 Å². The summed E-state index contributed by atoms with van der Waals surface area (Å²) in [7, 11) is 0. The van der Waals surface area contributed by atoms with Crippen molar-refractivity contribution >= 4 is 35.0 Å². The summed E-state index contributed by atoms with van der Waals surface area (Å²) in [4.78, 5) is 25.0. The highest BCUT2D eigenvalue weighted by molar-refractivity contribution is 8.01. The van der Waals surface area contributed by atoms with Crippen LogP contribution in [0.4, 0.5) is 15.8 Å². The van der Waals surface area contributed by atoms with Crippen LogP contribution in [0.3, 0.4) is 0 Å². The van der Waals surface area contributed by atoms with Gasteiger partial charge in [-0.05, 0) is 36.4 Å². The Morgan fingerprint density at radius 2 is 1.91 bits per heavy atom. The summed E-state index contributed by atoms with van der Waals surface area (Å²) >= 11 is 1.37. The van der Waals surface area contributed by atoms with Gasteiger partial charge >= 0.3 is 0 Å². The zero-order valence-corrected chi connectivity index (χ0v) is 12.3. The van der Waals surface area contributed by atoms with E-state index in [-0.39, 0.29) is 24.1 Å². The molecule has 0 aliphatic carbocycles. The summed E-state index contributed by atoms with van der Waals surface area (Å²) in [6, 6.07) is 13.0. The minimum Gasteiger partial charge on any atom is -0.326 e. The minimum atomic E-state index is -0.477. The van der Waals surface area contributed by atoms with Crippen LogP contribution in [-0.4, -0.2) is 17.1 Å². The van der Waals surface area contributed by atoms with E-state index in [0.29, 0.717) is 5.69 Å². The van der Waals surface area contributed by atoms with Crippen LogP contribution in [0.1, 0.15) is 6.42 Å². The summed E-state index contributed by atoms with van der Waals surface area (Å²) < 4.78 is 12.8. The lowest BCUT2D eigenvalue weighted by molar-refractivity contribution is -0.120. The fourth-order valence-corrected chi connectivity index (χ4v) is 3.25. The number of para-hydroxylation sites is 1. The van der Waals surface area contributed by atoms with E-state index in [1.165, 1.54) is 36.0 Å². The number of hydrogen-bond donors (Lipinski definition) is 2. The van der Waals surface area contributed by atoms with Gasteiger partial charge in [0.05, 0.1) is 10.9 Å². The number of carbonyl (C=O) groups excluding carboxylic acids is 2. The maximum Gasteiger partial charge on any atom is 0.238 e. The van der Waals surface area contributed by atoms with E-state index >= 15 is 0 Å². The molecule has 0 radical (unpaired) electrons. The van der Waals surface area contributed by atoms with Crippen molar-refractivity contribution in [1.29, 1.82) is 0 Å². The summed E-state index contributed by atoms with van der Waals surface area (Å²) in [6.07, 6.45) is 0.0577. The monoisotopic (exact) mass is 316 g/mol. The van der Waals surface area contributed by atoms with E-state index in [4.69, 9.17) is 0 Å². The molecule has 0 unspecified atom stereocenters. The fourth-order valence-electron chi connectivity index (χ4n) is 2.14. The molecule has 0 spiro atoms. The first-order valence-electron chi connectivity index (χ1n) is 6.74. The molecule has 4 nitrogen and oxygen atoms in total. The average Bonchev–Trinajstić information content (AvgIpc) is 2.50. The summed E-state index contributed by atoms with van der Waals surface area (Å²) in [6.45, 7) is 0. The molecule has 112 valence electrons. The van der Waals surface area contributed by atoms with Crippen LogP contribution in [0, 0.1) is 5.82 Å². The van der Waals surface area contributed by atoms with E-state index in [2.05, 4.69) is 10.6 Å². The van der Waals surface area contributed by atoms with E-state index in [9.17, 15) is 14.0 Å². The van der Waals surface area contributed by atoms with Crippen molar-refractivity contribution in [1.82, 2.24) is 0 Å². The number of halogens is 1. The van der Waals surface area contributed by atoms with Crippen LogP contribution in [-0.2, 0) is 9.59 Å². The van der Waals surface area contributed by atoms with E-state index in [1.807, 2.05) is 24.3 Å². The third-order valence-corrected chi connectivity index (χ3v) is 4.48. The third kappa shape index (κ3) is 3.28. The first-order chi connectivity index (χ1) is 10.6. The molecule has 2 N–H and O–H groups in total. The summed E-state index contributed by atoms with van der Waals surface area (Å²) in [5.74, 6) is -0.826. The molecule has 1 heterocycles. The van der Waals surface area contributed by atoms with Gasteiger partial charge in [0, 0.05) is 17.0 Å². The lowest BCUT2D eigenvalue weighted by atomic mass is 10.2. The second kappa shape index (κ2) is 6.19. The number of thioether (sulfide) groups is 1. The van der Waals surface area contributed by atoms with E-state index < -0.39 is 5.25 Å². The minimum absolute atomic E-state index is 0.0577. The molecule has 1 aliphatic heterocycles. The van der Waals surface area contributed by atoms with Crippen molar-refractivity contribution in [2.75, 3.05) is 10.6 Å². The summed E-state index contributed by atoms with van der Waals surface area (Å²) in [5, 5.41) is 4.98. The van der Waals surface area contributed by atoms with Crippen molar-refractivity contribution in [2.24, 2.45) is 0 Å². The van der Waals surface area contributed by atoms with Crippen LogP contribution in [0.5, 0.6) is 0 Å². The molecule has 0 fully saturated rings. The maximum absolute atomic E-state index is 12.8. The number of carbonyl (C=O) groups is 2. The van der Waals surface area contributed by atoms with Crippen LogP contribution in [0.15, 0.2) is 53.4 Å². The van der Waals surface area contributed by atoms with Gasteiger partial charge < -0.3 is 10.6 Å². The second-order valence-corrected chi connectivity index (χ2v) is 6.10. The topological polar surface area (TPSA) is 58.2 Å². The van der Waals surface area contributed by atoms with Gasteiger partial charge in [-0.3, -0.25) is 9.59 Å². The first-order valence-corrected chi connectivity index (χ1v) is 7.62. The Bertz CT molecular complexity index is 718. The van der Waals surface area contributed by atoms with Crippen molar-refractivity contribution in [2.45, 2.75) is 16.6 Å².